The summed E-state index contributed by atoms with van der Waals surface area (Å²) in [5, 5.41) is 17.1. The van der Waals surface area contributed by atoms with Crippen LogP contribution in [-0.2, 0) is 38.2 Å². The molecule has 0 aromatic rings. The second-order valence-corrected chi connectivity index (χ2v) is 6.43. The molecule has 0 aliphatic heterocycles. The molecule has 0 aliphatic rings. The van der Waals surface area contributed by atoms with E-state index in [1.54, 1.807) is 0 Å². The third-order valence-corrected chi connectivity index (χ3v) is 3.73. The van der Waals surface area contributed by atoms with Crippen LogP contribution in [0.4, 0.5) is 0 Å². The van der Waals surface area contributed by atoms with Crippen LogP contribution in [0.1, 0.15) is 71.1 Å². The maximum absolute atomic E-state index is 11.8. The summed E-state index contributed by atoms with van der Waals surface area (Å²) in [5.41, 5.74) is 0. The highest BCUT2D eigenvalue weighted by Gasteiger charge is 2.20. The maximum Gasteiger partial charge on any atom is 0.306 e. The fourth-order valence-electron chi connectivity index (χ4n) is 2.17. The van der Waals surface area contributed by atoms with E-state index in [4.69, 9.17) is 24.4 Å². The third-order valence-electron chi connectivity index (χ3n) is 3.73. The van der Waals surface area contributed by atoms with E-state index in [-0.39, 0.29) is 25.9 Å². The van der Waals surface area contributed by atoms with Crippen LogP contribution < -0.4 is 0 Å². The van der Waals surface area contributed by atoms with Gasteiger partial charge in [0, 0.05) is 6.42 Å². The summed E-state index contributed by atoms with van der Waals surface area (Å²) in [6.45, 7) is 1.31. The van der Waals surface area contributed by atoms with Crippen LogP contribution >= 0.6 is 0 Å². The van der Waals surface area contributed by atoms with Gasteiger partial charge in [0.1, 0.15) is 13.2 Å². The van der Waals surface area contributed by atoms with Crippen LogP contribution in [0.5, 0.6) is 0 Å². The Bertz CT molecular complexity index is 543. The number of hydrogen-bond donors (Lipinski definition) is 2. The Labute approximate surface area is 169 Å². The molecular formula is C19H30O10. The van der Waals surface area contributed by atoms with Gasteiger partial charge >= 0.3 is 29.8 Å². The first-order valence-electron chi connectivity index (χ1n) is 9.68. The Morgan fingerprint density at radius 1 is 0.655 bits per heavy atom. The molecule has 0 amide bonds. The summed E-state index contributed by atoms with van der Waals surface area (Å²) < 4.78 is 14.9. The number of ether oxygens (including phenoxy) is 3. The summed E-state index contributed by atoms with van der Waals surface area (Å²) in [7, 11) is 0. The Morgan fingerprint density at radius 3 is 1.66 bits per heavy atom. The van der Waals surface area contributed by atoms with E-state index in [2.05, 4.69) is 6.92 Å². The summed E-state index contributed by atoms with van der Waals surface area (Å²) in [6.07, 6.45) is 2.31. The number of unbranched alkanes of at least 4 members (excludes halogenated alkanes) is 4. The first-order chi connectivity index (χ1) is 13.7. The van der Waals surface area contributed by atoms with Crippen molar-refractivity contribution in [2.24, 2.45) is 0 Å². The fourth-order valence-corrected chi connectivity index (χ4v) is 2.17. The summed E-state index contributed by atoms with van der Waals surface area (Å²) >= 11 is 0. The molecule has 0 rings (SSSR count). The summed E-state index contributed by atoms with van der Waals surface area (Å²) in [5.74, 6) is -4.46. The Hall–Kier alpha value is -2.65. The number of carboxylic acids is 2. The highest BCUT2D eigenvalue weighted by Crippen LogP contribution is 2.07. The maximum atomic E-state index is 11.8. The molecule has 2 N–H and O–H groups in total. The molecule has 0 fully saturated rings. The van der Waals surface area contributed by atoms with E-state index < -0.39 is 55.4 Å². The molecule has 0 saturated heterocycles. The van der Waals surface area contributed by atoms with Gasteiger partial charge in [-0.1, -0.05) is 32.6 Å². The number of hydrogen-bond acceptors (Lipinski definition) is 8. The molecule has 0 aromatic carbocycles. The number of carbonyl (C=O) groups excluding carboxylic acids is 3. The summed E-state index contributed by atoms with van der Waals surface area (Å²) in [4.78, 5) is 56.0. The molecule has 0 heterocycles. The van der Waals surface area contributed by atoms with E-state index in [1.165, 1.54) is 0 Å². The lowest BCUT2D eigenvalue weighted by Crippen LogP contribution is -2.31. The highest BCUT2D eigenvalue weighted by atomic mass is 16.6. The first kappa shape index (κ1) is 26.4. The molecule has 0 aromatic heterocycles. The third kappa shape index (κ3) is 17.2. The molecule has 0 bridgehead atoms. The van der Waals surface area contributed by atoms with Crippen molar-refractivity contribution in [2.45, 2.75) is 77.2 Å². The van der Waals surface area contributed by atoms with Gasteiger partial charge in [0.25, 0.3) is 0 Å². The lowest BCUT2D eigenvalue weighted by Gasteiger charge is -2.18. The molecule has 10 heteroatoms. The number of rotatable bonds is 17. The highest BCUT2D eigenvalue weighted by molar-refractivity contribution is 5.77. The molecule has 29 heavy (non-hydrogen) atoms. The van der Waals surface area contributed by atoms with Crippen LogP contribution in [0.2, 0.25) is 0 Å². The van der Waals surface area contributed by atoms with Crippen LogP contribution in [0, 0.1) is 0 Å². The van der Waals surface area contributed by atoms with Gasteiger partial charge in [-0.2, -0.15) is 0 Å². The number of carbonyl (C=O) groups is 5. The summed E-state index contributed by atoms with van der Waals surface area (Å²) in [6, 6.07) is 0. The molecule has 0 radical (unpaired) electrons. The normalized spacial score (nSPS) is 11.3. The van der Waals surface area contributed by atoms with E-state index in [9.17, 15) is 24.0 Å². The smallest absolute Gasteiger partial charge is 0.306 e. The monoisotopic (exact) mass is 418 g/mol. The van der Waals surface area contributed by atoms with Crippen molar-refractivity contribution in [3.05, 3.63) is 0 Å². The zero-order chi connectivity index (χ0) is 22.1. The molecular weight excluding hydrogens is 388 g/mol. The molecule has 10 nitrogen and oxygen atoms in total. The zero-order valence-electron chi connectivity index (χ0n) is 16.7. The van der Waals surface area contributed by atoms with Gasteiger partial charge in [-0.15, -0.1) is 0 Å². The minimum Gasteiger partial charge on any atom is -0.481 e. The van der Waals surface area contributed by atoms with Gasteiger partial charge in [0.05, 0.1) is 25.7 Å². The van der Waals surface area contributed by atoms with Crippen molar-refractivity contribution < 1.29 is 48.4 Å². The van der Waals surface area contributed by atoms with Crippen molar-refractivity contribution >= 4 is 29.8 Å². The minimum atomic E-state index is -1.17. The van der Waals surface area contributed by atoms with E-state index in [1.807, 2.05) is 0 Å². The van der Waals surface area contributed by atoms with Gasteiger partial charge < -0.3 is 24.4 Å². The first-order valence-corrected chi connectivity index (χ1v) is 9.68. The lowest BCUT2D eigenvalue weighted by atomic mass is 10.1. The Balaban J connectivity index is 4.44. The largest absolute Gasteiger partial charge is 0.481 e. The molecule has 1 atom stereocenters. The molecule has 166 valence electrons. The molecule has 0 saturated carbocycles. The number of esters is 3. The van der Waals surface area contributed by atoms with Gasteiger partial charge in [-0.05, 0) is 6.42 Å². The van der Waals surface area contributed by atoms with E-state index >= 15 is 0 Å². The second kappa shape index (κ2) is 16.3. The van der Waals surface area contributed by atoms with Crippen LogP contribution in [-0.4, -0.2) is 59.4 Å². The van der Waals surface area contributed by atoms with E-state index in [0.717, 1.165) is 25.7 Å². The standard InChI is InChI=1S/C19H30O10/c1-2-3-4-5-6-7-17(24)27-12-14(29-19(26)11-9-16(22)23)13-28-18(25)10-8-15(20)21/h14H,2-13H2,1H3,(H,20,21)(H,22,23). The number of aliphatic carboxylic acids is 2. The Kier molecular flexibility index (Phi) is 14.8. The quantitative estimate of drug-likeness (QED) is 0.204. The van der Waals surface area contributed by atoms with Crippen molar-refractivity contribution in [3.63, 3.8) is 0 Å². The average molecular weight is 418 g/mol. The lowest BCUT2D eigenvalue weighted by molar-refractivity contribution is -0.167. The van der Waals surface area contributed by atoms with Gasteiger partial charge in [-0.25, -0.2) is 0 Å². The zero-order valence-corrected chi connectivity index (χ0v) is 16.7. The fraction of sp³-hybridized carbons (Fsp3) is 0.737. The van der Waals surface area contributed by atoms with Crippen molar-refractivity contribution in [1.29, 1.82) is 0 Å². The van der Waals surface area contributed by atoms with Crippen molar-refractivity contribution in [3.8, 4) is 0 Å². The van der Waals surface area contributed by atoms with Crippen LogP contribution in [0.25, 0.3) is 0 Å². The topological polar surface area (TPSA) is 154 Å². The Morgan fingerprint density at radius 2 is 1.14 bits per heavy atom. The SMILES string of the molecule is CCCCCCCC(=O)OCC(COC(=O)CCC(=O)O)OC(=O)CCC(=O)O. The molecule has 1 unspecified atom stereocenters. The van der Waals surface area contributed by atoms with Crippen LogP contribution in [0.15, 0.2) is 0 Å². The molecule has 0 aliphatic carbocycles. The van der Waals surface area contributed by atoms with Gasteiger partial charge in [0.15, 0.2) is 6.10 Å². The predicted octanol–water partition coefficient (Wildman–Crippen LogP) is 2.07. The van der Waals surface area contributed by atoms with E-state index in [0.29, 0.717) is 6.42 Å². The predicted molar refractivity (Wildman–Crippen MR) is 98.9 cm³/mol. The van der Waals surface area contributed by atoms with Gasteiger partial charge in [0.2, 0.25) is 0 Å². The van der Waals surface area contributed by atoms with Crippen molar-refractivity contribution in [2.75, 3.05) is 13.2 Å². The average Bonchev–Trinajstić information content (AvgIpc) is 2.66. The minimum absolute atomic E-state index is 0.210. The van der Waals surface area contributed by atoms with Crippen LogP contribution in [0.3, 0.4) is 0 Å². The second-order valence-electron chi connectivity index (χ2n) is 6.43. The van der Waals surface area contributed by atoms with Crippen molar-refractivity contribution in [1.82, 2.24) is 0 Å². The molecule has 0 spiro atoms. The van der Waals surface area contributed by atoms with Gasteiger partial charge in [-0.3, -0.25) is 24.0 Å². The number of carboxylic acid groups (broad SMARTS) is 2.